The summed E-state index contributed by atoms with van der Waals surface area (Å²) in [6.07, 6.45) is -4.44. The molecule has 1 aromatic carbocycles. The minimum absolute atomic E-state index is 0.0592. The fourth-order valence-electron chi connectivity index (χ4n) is 1.62. The van der Waals surface area contributed by atoms with Crippen molar-refractivity contribution < 1.29 is 18.1 Å². The normalized spacial score (nSPS) is 11.6. The number of nitro benzene ring substituents is 1. The van der Waals surface area contributed by atoms with Gasteiger partial charge in [-0.05, 0) is 31.0 Å². The molecule has 1 aromatic rings. The molecule has 0 fully saturated rings. The van der Waals surface area contributed by atoms with Crippen molar-refractivity contribution in [1.82, 2.24) is 5.32 Å². The van der Waals surface area contributed by atoms with E-state index in [1.165, 1.54) is 12.1 Å². The summed E-state index contributed by atoms with van der Waals surface area (Å²) in [5.41, 5.74) is 0.486. The van der Waals surface area contributed by atoms with E-state index in [1.54, 1.807) is 6.07 Å². The summed E-state index contributed by atoms with van der Waals surface area (Å²) in [5, 5.41) is 13.7. The summed E-state index contributed by atoms with van der Waals surface area (Å²) in [7, 11) is 0. The Morgan fingerprint density at radius 3 is 2.60 bits per heavy atom. The third kappa shape index (κ3) is 6.21. The van der Waals surface area contributed by atoms with Gasteiger partial charge in [-0.25, -0.2) is 0 Å². The van der Waals surface area contributed by atoms with Gasteiger partial charge in [0, 0.05) is 19.0 Å². The van der Waals surface area contributed by atoms with Crippen LogP contribution in [0.15, 0.2) is 18.2 Å². The van der Waals surface area contributed by atoms with Crippen LogP contribution < -0.4 is 5.32 Å². The molecule has 0 aliphatic heterocycles. The fraction of sp³-hybridized carbons (Fsp3) is 0.500. The van der Waals surface area contributed by atoms with Crippen molar-refractivity contribution in [2.45, 2.75) is 32.0 Å². The van der Waals surface area contributed by atoms with Gasteiger partial charge in [-0.15, -0.1) is 0 Å². The van der Waals surface area contributed by atoms with Crippen molar-refractivity contribution in [2.75, 3.05) is 6.54 Å². The lowest BCUT2D eigenvalue weighted by atomic mass is 10.2. The first-order chi connectivity index (χ1) is 9.29. The second-order valence-corrected chi connectivity index (χ2v) is 4.70. The van der Waals surface area contributed by atoms with Gasteiger partial charge in [0.25, 0.3) is 5.69 Å². The molecule has 0 spiro atoms. The predicted molar refractivity (Wildman–Crippen MR) is 69.7 cm³/mol. The van der Waals surface area contributed by atoms with Gasteiger partial charge in [0.05, 0.1) is 4.92 Å². The largest absolute Gasteiger partial charge is 0.389 e. The van der Waals surface area contributed by atoms with Crippen LogP contribution in [0.5, 0.6) is 0 Å². The van der Waals surface area contributed by atoms with Crippen LogP contribution in [0.2, 0.25) is 5.02 Å². The highest BCUT2D eigenvalue weighted by atomic mass is 35.5. The Balaban J connectivity index is 2.32. The third-order valence-corrected chi connectivity index (χ3v) is 2.92. The molecule has 0 bridgehead atoms. The van der Waals surface area contributed by atoms with Crippen LogP contribution in [0.1, 0.15) is 24.8 Å². The monoisotopic (exact) mass is 310 g/mol. The van der Waals surface area contributed by atoms with Crippen molar-refractivity contribution >= 4 is 17.3 Å². The molecular formula is C12H14ClF3N2O2. The number of hydrogen-bond acceptors (Lipinski definition) is 3. The lowest BCUT2D eigenvalue weighted by Gasteiger charge is -2.07. The molecule has 0 saturated carbocycles. The molecular weight excluding hydrogens is 297 g/mol. The Morgan fingerprint density at radius 2 is 2.00 bits per heavy atom. The van der Waals surface area contributed by atoms with Crippen molar-refractivity contribution in [3.8, 4) is 0 Å². The van der Waals surface area contributed by atoms with Crippen LogP contribution in [0.4, 0.5) is 18.9 Å². The number of hydrogen-bond donors (Lipinski definition) is 1. The van der Waals surface area contributed by atoms with Gasteiger partial charge in [0.1, 0.15) is 5.02 Å². The number of nitrogens with one attached hydrogen (secondary N) is 1. The molecule has 0 saturated heterocycles. The van der Waals surface area contributed by atoms with E-state index in [1.807, 2.05) is 0 Å². The molecule has 8 heteroatoms. The van der Waals surface area contributed by atoms with Gasteiger partial charge < -0.3 is 5.32 Å². The van der Waals surface area contributed by atoms with E-state index >= 15 is 0 Å². The zero-order valence-electron chi connectivity index (χ0n) is 10.5. The second-order valence-electron chi connectivity index (χ2n) is 4.29. The first kappa shape index (κ1) is 16.7. The van der Waals surface area contributed by atoms with Crippen LogP contribution >= 0.6 is 11.6 Å². The maximum atomic E-state index is 11.9. The van der Waals surface area contributed by atoms with E-state index in [0.717, 1.165) is 0 Å². The average molecular weight is 311 g/mol. The Morgan fingerprint density at radius 1 is 1.30 bits per heavy atom. The Kier molecular flexibility index (Phi) is 6.22. The quantitative estimate of drug-likeness (QED) is 0.469. The molecule has 0 atom stereocenters. The molecule has 0 radical (unpaired) electrons. The fourth-order valence-corrected chi connectivity index (χ4v) is 1.80. The number of halogens is 4. The van der Waals surface area contributed by atoms with E-state index in [-0.39, 0.29) is 17.1 Å². The molecule has 0 aliphatic rings. The molecule has 0 heterocycles. The standard InChI is InChI=1S/C12H14ClF3N2O2/c13-10-4-3-9(7-11(10)18(19)20)8-17-6-2-1-5-12(14,15)16/h3-4,7,17H,1-2,5-6,8H2. The van der Waals surface area contributed by atoms with E-state index < -0.39 is 17.5 Å². The van der Waals surface area contributed by atoms with Gasteiger partial charge in [0.15, 0.2) is 0 Å². The first-order valence-electron chi connectivity index (χ1n) is 6.00. The maximum Gasteiger partial charge on any atom is 0.389 e. The Bertz CT molecular complexity index is 467. The summed E-state index contributed by atoms with van der Waals surface area (Å²) in [4.78, 5) is 10.1. The van der Waals surface area contributed by atoms with Crippen LogP contribution in [0.3, 0.4) is 0 Å². The van der Waals surface area contributed by atoms with Crippen LogP contribution in [-0.2, 0) is 6.54 Å². The van der Waals surface area contributed by atoms with E-state index in [9.17, 15) is 23.3 Å². The lowest BCUT2D eigenvalue weighted by molar-refractivity contribution is -0.384. The summed E-state index contributed by atoms with van der Waals surface area (Å²) in [5.74, 6) is 0. The number of nitro groups is 1. The zero-order valence-corrected chi connectivity index (χ0v) is 11.3. The van der Waals surface area contributed by atoms with E-state index in [4.69, 9.17) is 11.6 Å². The highest BCUT2D eigenvalue weighted by Crippen LogP contribution is 2.25. The summed E-state index contributed by atoms with van der Waals surface area (Å²) >= 11 is 5.67. The van der Waals surface area contributed by atoms with Gasteiger partial charge in [-0.2, -0.15) is 13.2 Å². The van der Waals surface area contributed by atoms with Gasteiger partial charge in [-0.1, -0.05) is 17.7 Å². The van der Waals surface area contributed by atoms with Crippen molar-refractivity contribution in [2.24, 2.45) is 0 Å². The highest BCUT2D eigenvalue weighted by molar-refractivity contribution is 6.32. The minimum Gasteiger partial charge on any atom is -0.313 e. The zero-order chi connectivity index (χ0) is 15.2. The van der Waals surface area contributed by atoms with Gasteiger partial charge in [-0.3, -0.25) is 10.1 Å². The average Bonchev–Trinajstić information content (AvgIpc) is 2.33. The lowest BCUT2D eigenvalue weighted by Crippen LogP contribution is -2.16. The SMILES string of the molecule is O=[N+]([O-])c1cc(CNCCCCC(F)(F)F)ccc1Cl. The van der Waals surface area contributed by atoms with Crippen LogP contribution in [0, 0.1) is 10.1 Å². The molecule has 0 aromatic heterocycles. The number of alkyl halides is 3. The first-order valence-corrected chi connectivity index (χ1v) is 6.37. The molecule has 0 amide bonds. The van der Waals surface area contributed by atoms with Crippen LogP contribution in [0.25, 0.3) is 0 Å². The maximum absolute atomic E-state index is 11.9. The van der Waals surface area contributed by atoms with E-state index in [0.29, 0.717) is 25.1 Å². The molecule has 1 N–H and O–H groups in total. The Hall–Kier alpha value is -1.34. The Labute approximate surface area is 119 Å². The topological polar surface area (TPSA) is 55.2 Å². The third-order valence-electron chi connectivity index (χ3n) is 2.60. The predicted octanol–water partition coefficient (Wildman–Crippen LogP) is 4.07. The van der Waals surface area contributed by atoms with Gasteiger partial charge in [0.2, 0.25) is 0 Å². The summed E-state index contributed by atoms with van der Waals surface area (Å²) in [6.45, 7) is 0.774. The number of rotatable bonds is 7. The van der Waals surface area contributed by atoms with Gasteiger partial charge >= 0.3 is 6.18 Å². The summed E-state index contributed by atoms with van der Waals surface area (Å²) in [6, 6.07) is 4.42. The van der Waals surface area contributed by atoms with E-state index in [2.05, 4.69) is 5.32 Å². The number of unbranched alkanes of at least 4 members (excludes halogenated alkanes) is 1. The number of nitrogens with zero attached hydrogens (tertiary/aromatic N) is 1. The molecule has 112 valence electrons. The molecule has 20 heavy (non-hydrogen) atoms. The molecule has 4 nitrogen and oxygen atoms in total. The summed E-state index contributed by atoms with van der Waals surface area (Å²) < 4.78 is 35.7. The van der Waals surface area contributed by atoms with Crippen molar-refractivity contribution in [3.05, 3.63) is 38.9 Å². The molecule has 1 rings (SSSR count). The smallest absolute Gasteiger partial charge is 0.313 e. The molecule has 0 aliphatic carbocycles. The van der Waals surface area contributed by atoms with Crippen LogP contribution in [-0.4, -0.2) is 17.6 Å². The highest BCUT2D eigenvalue weighted by Gasteiger charge is 2.25. The minimum atomic E-state index is -4.11. The second kappa shape index (κ2) is 7.44. The van der Waals surface area contributed by atoms with Crippen molar-refractivity contribution in [1.29, 1.82) is 0 Å². The number of benzene rings is 1. The molecule has 0 unspecified atom stereocenters. The van der Waals surface area contributed by atoms with Crippen molar-refractivity contribution in [3.63, 3.8) is 0 Å².